The van der Waals surface area contributed by atoms with Crippen molar-refractivity contribution >= 4 is 56.8 Å². The quantitative estimate of drug-likeness (QED) is 0.599. The Labute approximate surface area is 86.8 Å². The molecule has 0 aliphatic carbocycles. The second-order valence-corrected chi connectivity index (χ2v) is 19.2. The van der Waals surface area contributed by atoms with Gasteiger partial charge in [0.1, 0.15) is 0 Å². The predicted octanol–water partition coefficient (Wildman–Crippen LogP) is 3.42. The maximum atomic E-state index is 9.28. The molecule has 0 fully saturated rings. The summed E-state index contributed by atoms with van der Waals surface area (Å²) < 4.78 is -2.50. The van der Waals surface area contributed by atoms with Crippen LogP contribution in [-0.4, -0.2) is 11.1 Å². The van der Waals surface area contributed by atoms with Gasteiger partial charge in [-0.25, -0.2) is 0 Å². The Bertz CT molecular complexity index is 232. The van der Waals surface area contributed by atoms with Crippen molar-refractivity contribution in [2.75, 3.05) is 6.16 Å². The van der Waals surface area contributed by atoms with E-state index in [1.165, 1.54) is 11.0 Å². The zero-order valence-corrected chi connectivity index (χ0v) is 11.1. The van der Waals surface area contributed by atoms with Crippen molar-refractivity contribution in [2.45, 2.75) is 6.92 Å². The molecule has 0 heterocycles. The van der Waals surface area contributed by atoms with Crippen molar-refractivity contribution in [3.05, 3.63) is 12.4 Å². The molecular weight excluding hydrogens is 254 g/mol. The van der Waals surface area contributed by atoms with Gasteiger partial charge < -0.3 is 4.89 Å². The van der Waals surface area contributed by atoms with E-state index in [4.69, 9.17) is 23.6 Å². The van der Waals surface area contributed by atoms with Gasteiger partial charge in [-0.05, 0) is 34.8 Å². The fourth-order valence-corrected chi connectivity index (χ4v) is 19.5. The first-order chi connectivity index (χ1) is 4.83. The summed E-state index contributed by atoms with van der Waals surface area (Å²) in [6.07, 6.45) is 0.829. The third-order valence-electron chi connectivity index (χ3n) is 0.964. The van der Waals surface area contributed by atoms with Crippen LogP contribution in [-0.2, 0) is 23.6 Å². The molecule has 0 aromatic rings. The van der Waals surface area contributed by atoms with Crippen LogP contribution >= 0.6 is 33.2 Å². The Morgan fingerprint density at radius 3 is 2.27 bits per heavy atom. The summed E-state index contributed by atoms with van der Waals surface area (Å²) in [4.78, 5) is 9.28. The number of hydrogen-bond donors (Lipinski definition) is 2. The molecule has 0 radical (unpaired) electrons. The highest BCUT2D eigenvalue weighted by Crippen LogP contribution is 2.78. The summed E-state index contributed by atoms with van der Waals surface area (Å²) >= 11 is 15.2. The lowest BCUT2D eigenvalue weighted by Crippen LogP contribution is -1.72. The molecule has 0 rings (SSSR count). The molecule has 7 heteroatoms. The normalized spacial score (nSPS) is 21.7. The van der Waals surface area contributed by atoms with Crippen LogP contribution in [0.25, 0.3) is 0 Å². The Morgan fingerprint density at radius 2 is 2.18 bits per heavy atom. The second-order valence-electron chi connectivity index (χ2n) is 1.80. The zero-order chi connectivity index (χ0) is 9.12. The highest BCUT2D eigenvalue weighted by molar-refractivity contribution is 9.12. The molecule has 0 aliphatic rings. The van der Waals surface area contributed by atoms with Gasteiger partial charge in [0.05, 0.1) is 0 Å². The average molecular weight is 264 g/mol. The monoisotopic (exact) mass is 264 g/mol. The summed E-state index contributed by atoms with van der Waals surface area (Å²) in [5.74, 6) is 1.74. The van der Waals surface area contributed by atoms with E-state index in [9.17, 15) is 4.89 Å². The van der Waals surface area contributed by atoms with Crippen LogP contribution in [0.1, 0.15) is 6.92 Å². The van der Waals surface area contributed by atoms with Crippen LogP contribution in [0.2, 0.25) is 0 Å². The zero-order valence-electron chi connectivity index (χ0n) is 6.01. The van der Waals surface area contributed by atoms with E-state index in [0.717, 1.165) is 6.16 Å². The third-order valence-corrected chi connectivity index (χ3v) is 16.8. The molecular formula is C4H10OP2S4. The first kappa shape index (κ1) is 12.7. The molecule has 0 bridgehead atoms. The van der Waals surface area contributed by atoms with Crippen molar-refractivity contribution in [2.24, 2.45) is 0 Å². The minimum atomic E-state index is -2.50. The van der Waals surface area contributed by atoms with Gasteiger partial charge in [0, 0.05) is 5.24 Å². The summed E-state index contributed by atoms with van der Waals surface area (Å²) in [7, 11) is 0. The van der Waals surface area contributed by atoms with Gasteiger partial charge in [-0.1, -0.05) is 25.3 Å². The second kappa shape index (κ2) is 4.80. The van der Waals surface area contributed by atoms with E-state index >= 15 is 0 Å². The molecule has 11 heavy (non-hydrogen) atoms. The lowest BCUT2D eigenvalue weighted by Gasteiger charge is -2.17. The van der Waals surface area contributed by atoms with E-state index in [0.29, 0.717) is 0 Å². The molecule has 1 N–H and O–H groups in total. The van der Waals surface area contributed by atoms with Crippen molar-refractivity contribution < 1.29 is 4.89 Å². The highest BCUT2D eigenvalue weighted by Gasteiger charge is 2.18. The molecule has 0 aromatic heterocycles. The van der Waals surface area contributed by atoms with Crippen LogP contribution < -0.4 is 0 Å². The highest BCUT2D eigenvalue weighted by atomic mass is 33.4. The van der Waals surface area contributed by atoms with E-state index in [1.54, 1.807) is 5.82 Å². The molecule has 0 amide bonds. The molecule has 0 saturated carbocycles. The van der Waals surface area contributed by atoms with Crippen LogP contribution in [0, 0.1) is 0 Å². The van der Waals surface area contributed by atoms with Crippen molar-refractivity contribution in [3.63, 3.8) is 0 Å². The standard InChI is InChI=1S/C4H10OP2S4/c1-3-6(8,4-2)11-7(5,9)10/h3H,1,4H2,2H3,(H2,5,9,10). The minimum Gasteiger partial charge on any atom is -0.350 e. The largest absolute Gasteiger partial charge is 0.350 e. The number of rotatable bonds is 4. The Morgan fingerprint density at radius 1 is 1.73 bits per heavy atom. The predicted molar refractivity (Wildman–Crippen MR) is 68.1 cm³/mol. The summed E-state index contributed by atoms with van der Waals surface area (Å²) in [5, 5.41) is -1.67. The fourth-order valence-electron chi connectivity index (χ4n) is 0.400. The maximum Gasteiger partial charge on any atom is 0.174 e. The van der Waals surface area contributed by atoms with Crippen LogP contribution in [0.3, 0.4) is 0 Å². The van der Waals surface area contributed by atoms with Crippen molar-refractivity contribution in [1.82, 2.24) is 0 Å². The van der Waals surface area contributed by atoms with Gasteiger partial charge in [0.2, 0.25) is 0 Å². The Hall–Kier alpha value is 1.70. The SMILES string of the molecule is C=CP(=S)(CC)SP(O)(=S)S. The first-order valence-corrected chi connectivity index (χ1v) is 11.8. The van der Waals surface area contributed by atoms with Crippen LogP contribution in [0.15, 0.2) is 12.4 Å². The van der Waals surface area contributed by atoms with Gasteiger partial charge in [-0.3, -0.25) is 0 Å². The first-order valence-electron chi connectivity index (χ1n) is 2.82. The van der Waals surface area contributed by atoms with Gasteiger partial charge in [-0.2, -0.15) is 0 Å². The summed E-state index contributed by atoms with van der Waals surface area (Å²) in [5.41, 5.74) is 0. The summed E-state index contributed by atoms with van der Waals surface area (Å²) in [6.45, 7) is 5.62. The van der Waals surface area contributed by atoms with E-state index in [2.05, 4.69) is 18.8 Å². The van der Waals surface area contributed by atoms with E-state index in [-0.39, 0.29) is 0 Å². The fraction of sp³-hybridized carbons (Fsp3) is 0.500. The molecule has 2 unspecified atom stereocenters. The molecule has 0 aliphatic heterocycles. The number of hydrogen-bond acceptors (Lipinski definition) is 3. The van der Waals surface area contributed by atoms with Crippen LogP contribution in [0.5, 0.6) is 0 Å². The lowest BCUT2D eigenvalue weighted by atomic mass is 11.0. The number of thiol groups is 1. The van der Waals surface area contributed by atoms with E-state index in [1.807, 2.05) is 6.92 Å². The maximum absolute atomic E-state index is 9.28. The third kappa shape index (κ3) is 5.87. The van der Waals surface area contributed by atoms with Crippen LogP contribution in [0.4, 0.5) is 0 Å². The Balaban J connectivity index is 4.46. The smallest absolute Gasteiger partial charge is 0.174 e. The van der Waals surface area contributed by atoms with Crippen molar-refractivity contribution in [3.8, 4) is 0 Å². The minimum absolute atomic E-state index is 0.829. The van der Waals surface area contributed by atoms with Gasteiger partial charge in [0.25, 0.3) is 0 Å². The van der Waals surface area contributed by atoms with Gasteiger partial charge in [0.15, 0.2) is 4.67 Å². The molecule has 1 nitrogen and oxygen atoms in total. The topological polar surface area (TPSA) is 20.2 Å². The average Bonchev–Trinajstić information content (AvgIpc) is 1.84. The summed E-state index contributed by atoms with van der Waals surface area (Å²) in [6, 6.07) is 0. The lowest BCUT2D eigenvalue weighted by molar-refractivity contribution is 0.654. The molecule has 0 spiro atoms. The molecule has 66 valence electrons. The molecule has 0 saturated heterocycles. The van der Waals surface area contributed by atoms with E-state index < -0.39 is 9.91 Å². The van der Waals surface area contributed by atoms with Gasteiger partial charge in [-0.15, -0.1) is 12.2 Å². The molecule has 0 aromatic carbocycles. The van der Waals surface area contributed by atoms with Gasteiger partial charge >= 0.3 is 0 Å². The molecule has 2 atom stereocenters. The Kier molecular flexibility index (Phi) is 5.55. The van der Waals surface area contributed by atoms with Crippen molar-refractivity contribution in [1.29, 1.82) is 0 Å².